The number of hydrogen-bond donors (Lipinski definition) is 1. The minimum absolute atomic E-state index is 0.274. The molecule has 0 bridgehead atoms. The van der Waals surface area contributed by atoms with Crippen LogP contribution in [0.15, 0.2) is 42.5 Å². The Bertz CT molecular complexity index is 610. The van der Waals surface area contributed by atoms with E-state index in [1.807, 2.05) is 30.3 Å². The molecule has 4 heteroatoms. The number of fused-ring (bicyclic) bond motifs is 1. The van der Waals surface area contributed by atoms with Gasteiger partial charge in [-0.15, -0.1) is 0 Å². The van der Waals surface area contributed by atoms with Crippen molar-refractivity contribution in [2.24, 2.45) is 0 Å². The van der Waals surface area contributed by atoms with Gasteiger partial charge in [-0.05, 0) is 43.3 Å². The summed E-state index contributed by atoms with van der Waals surface area (Å²) < 4.78 is 16.5. The number of ether oxygens (including phenoxy) is 3. The molecule has 0 saturated heterocycles. The average Bonchev–Trinajstić information content (AvgIpc) is 2.96. The molecule has 110 valence electrons. The molecule has 1 unspecified atom stereocenters. The second kappa shape index (κ2) is 6.06. The Kier molecular flexibility index (Phi) is 3.97. The molecule has 2 aromatic carbocycles. The maximum atomic E-state index is 5.84. The van der Waals surface area contributed by atoms with Crippen molar-refractivity contribution >= 4 is 0 Å². The highest BCUT2D eigenvalue weighted by Gasteiger charge is 2.14. The highest BCUT2D eigenvalue weighted by Crippen LogP contribution is 2.36. The van der Waals surface area contributed by atoms with Gasteiger partial charge in [0.25, 0.3) is 0 Å². The molecule has 21 heavy (non-hydrogen) atoms. The molecule has 1 aliphatic rings. The van der Waals surface area contributed by atoms with Crippen molar-refractivity contribution in [1.29, 1.82) is 0 Å². The van der Waals surface area contributed by atoms with Gasteiger partial charge in [-0.1, -0.05) is 19.1 Å². The largest absolute Gasteiger partial charge is 0.457 e. The van der Waals surface area contributed by atoms with Crippen molar-refractivity contribution in [3.05, 3.63) is 48.0 Å². The monoisotopic (exact) mass is 285 g/mol. The van der Waals surface area contributed by atoms with E-state index < -0.39 is 0 Å². The van der Waals surface area contributed by atoms with E-state index in [1.165, 1.54) is 5.56 Å². The number of hydrogen-bond acceptors (Lipinski definition) is 4. The van der Waals surface area contributed by atoms with Gasteiger partial charge >= 0.3 is 0 Å². The SMILES string of the molecule is CCNC(C)c1ccc(Oc2ccc3c(c2)OCO3)cc1. The second-order valence-electron chi connectivity index (χ2n) is 4.97. The quantitative estimate of drug-likeness (QED) is 0.905. The summed E-state index contributed by atoms with van der Waals surface area (Å²) in [6.45, 7) is 5.48. The summed E-state index contributed by atoms with van der Waals surface area (Å²) in [5.41, 5.74) is 1.25. The van der Waals surface area contributed by atoms with Gasteiger partial charge < -0.3 is 19.5 Å². The Morgan fingerprint density at radius 3 is 2.52 bits per heavy atom. The van der Waals surface area contributed by atoms with Gasteiger partial charge in [0.05, 0.1) is 0 Å². The molecule has 0 radical (unpaired) electrons. The molecule has 0 saturated carbocycles. The normalized spacial score (nSPS) is 14.0. The molecular weight excluding hydrogens is 266 g/mol. The van der Waals surface area contributed by atoms with Crippen LogP contribution in [-0.4, -0.2) is 13.3 Å². The molecule has 4 nitrogen and oxygen atoms in total. The van der Waals surface area contributed by atoms with E-state index in [-0.39, 0.29) is 6.79 Å². The van der Waals surface area contributed by atoms with Crippen LogP contribution < -0.4 is 19.5 Å². The van der Waals surface area contributed by atoms with Gasteiger partial charge in [0, 0.05) is 12.1 Å². The van der Waals surface area contributed by atoms with Crippen molar-refractivity contribution in [2.45, 2.75) is 19.9 Å². The van der Waals surface area contributed by atoms with E-state index in [9.17, 15) is 0 Å². The van der Waals surface area contributed by atoms with Gasteiger partial charge in [-0.3, -0.25) is 0 Å². The van der Waals surface area contributed by atoms with Crippen LogP contribution >= 0.6 is 0 Å². The number of benzene rings is 2. The maximum absolute atomic E-state index is 5.84. The molecule has 1 N–H and O–H groups in total. The lowest BCUT2D eigenvalue weighted by Gasteiger charge is -2.13. The maximum Gasteiger partial charge on any atom is 0.231 e. The minimum atomic E-state index is 0.274. The van der Waals surface area contributed by atoms with Crippen LogP contribution in [0.5, 0.6) is 23.0 Å². The van der Waals surface area contributed by atoms with Crippen LogP contribution in [0.25, 0.3) is 0 Å². The summed E-state index contributed by atoms with van der Waals surface area (Å²) in [6.07, 6.45) is 0. The third kappa shape index (κ3) is 3.11. The third-order valence-corrected chi connectivity index (χ3v) is 3.47. The van der Waals surface area contributed by atoms with Crippen molar-refractivity contribution in [1.82, 2.24) is 5.32 Å². The van der Waals surface area contributed by atoms with E-state index in [4.69, 9.17) is 14.2 Å². The highest BCUT2D eigenvalue weighted by atomic mass is 16.7. The van der Waals surface area contributed by atoms with E-state index in [1.54, 1.807) is 0 Å². The topological polar surface area (TPSA) is 39.7 Å². The molecule has 0 amide bonds. The summed E-state index contributed by atoms with van der Waals surface area (Å²) in [6, 6.07) is 14.0. The summed E-state index contributed by atoms with van der Waals surface area (Å²) in [5.74, 6) is 3.04. The molecule has 1 heterocycles. The lowest BCUT2D eigenvalue weighted by atomic mass is 10.1. The van der Waals surface area contributed by atoms with Gasteiger partial charge in [0.1, 0.15) is 11.5 Å². The zero-order valence-corrected chi connectivity index (χ0v) is 12.3. The summed E-state index contributed by atoms with van der Waals surface area (Å²) >= 11 is 0. The summed E-state index contributed by atoms with van der Waals surface area (Å²) in [4.78, 5) is 0. The summed E-state index contributed by atoms with van der Waals surface area (Å²) in [7, 11) is 0. The van der Waals surface area contributed by atoms with Crippen LogP contribution in [-0.2, 0) is 0 Å². The van der Waals surface area contributed by atoms with Crippen molar-refractivity contribution in [2.75, 3.05) is 13.3 Å². The van der Waals surface area contributed by atoms with Crippen molar-refractivity contribution in [3.63, 3.8) is 0 Å². The third-order valence-electron chi connectivity index (χ3n) is 3.47. The lowest BCUT2D eigenvalue weighted by Crippen LogP contribution is -2.17. The smallest absolute Gasteiger partial charge is 0.231 e. The van der Waals surface area contributed by atoms with E-state index in [0.717, 1.165) is 29.5 Å². The van der Waals surface area contributed by atoms with E-state index in [0.29, 0.717) is 6.04 Å². The van der Waals surface area contributed by atoms with E-state index in [2.05, 4.69) is 31.3 Å². The molecule has 0 fully saturated rings. The lowest BCUT2D eigenvalue weighted by molar-refractivity contribution is 0.174. The number of nitrogens with one attached hydrogen (secondary N) is 1. The zero-order chi connectivity index (χ0) is 14.7. The number of rotatable bonds is 5. The zero-order valence-electron chi connectivity index (χ0n) is 12.3. The fourth-order valence-corrected chi connectivity index (χ4v) is 2.33. The molecule has 3 rings (SSSR count). The van der Waals surface area contributed by atoms with Crippen LogP contribution in [0.2, 0.25) is 0 Å². The first-order valence-corrected chi connectivity index (χ1v) is 7.17. The molecule has 0 aromatic heterocycles. The van der Waals surface area contributed by atoms with Crippen molar-refractivity contribution < 1.29 is 14.2 Å². The van der Waals surface area contributed by atoms with Crippen molar-refractivity contribution in [3.8, 4) is 23.0 Å². The first-order valence-electron chi connectivity index (χ1n) is 7.17. The molecular formula is C17H19NO3. The fourth-order valence-electron chi connectivity index (χ4n) is 2.33. The summed E-state index contributed by atoms with van der Waals surface area (Å²) in [5, 5.41) is 3.39. The minimum Gasteiger partial charge on any atom is -0.457 e. The Balaban J connectivity index is 1.70. The van der Waals surface area contributed by atoms with Crippen LogP contribution in [0.1, 0.15) is 25.5 Å². The predicted octanol–water partition coefficient (Wildman–Crippen LogP) is 3.88. The highest BCUT2D eigenvalue weighted by molar-refractivity contribution is 5.48. The predicted molar refractivity (Wildman–Crippen MR) is 81.2 cm³/mol. The Morgan fingerprint density at radius 2 is 1.76 bits per heavy atom. The molecule has 2 aromatic rings. The molecule has 1 aliphatic heterocycles. The van der Waals surface area contributed by atoms with Crippen LogP contribution in [0.4, 0.5) is 0 Å². The average molecular weight is 285 g/mol. The molecule has 0 spiro atoms. The van der Waals surface area contributed by atoms with E-state index >= 15 is 0 Å². The van der Waals surface area contributed by atoms with Gasteiger partial charge in [0.15, 0.2) is 11.5 Å². The standard InChI is InChI=1S/C17H19NO3/c1-3-18-12(2)13-4-6-14(7-5-13)21-15-8-9-16-17(10-15)20-11-19-16/h4-10,12,18H,3,11H2,1-2H3. The molecule has 1 atom stereocenters. The first kappa shape index (κ1) is 13.8. The van der Waals surface area contributed by atoms with Gasteiger partial charge in [-0.2, -0.15) is 0 Å². The Hall–Kier alpha value is -2.20. The van der Waals surface area contributed by atoms with Crippen LogP contribution in [0.3, 0.4) is 0 Å². The fraction of sp³-hybridized carbons (Fsp3) is 0.294. The first-order chi connectivity index (χ1) is 10.3. The van der Waals surface area contributed by atoms with Crippen LogP contribution in [0, 0.1) is 0 Å². The Morgan fingerprint density at radius 1 is 1.05 bits per heavy atom. The molecule has 0 aliphatic carbocycles. The Labute approximate surface area is 124 Å². The van der Waals surface area contributed by atoms with Gasteiger partial charge in [-0.25, -0.2) is 0 Å². The van der Waals surface area contributed by atoms with Gasteiger partial charge in [0.2, 0.25) is 6.79 Å². The second-order valence-corrected chi connectivity index (χ2v) is 4.97.